The molecule has 0 aromatic carbocycles. The number of fused-ring (bicyclic) bond motifs is 1. The molecule has 10 heteroatoms. The molecule has 10 nitrogen and oxygen atoms in total. The first-order valence-corrected chi connectivity index (χ1v) is 6.55. The lowest BCUT2D eigenvalue weighted by Gasteiger charge is -2.27. The summed E-state index contributed by atoms with van der Waals surface area (Å²) >= 11 is 0. The van der Waals surface area contributed by atoms with Crippen molar-refractivity contribution in [2.75, 3.05) is 23.3 Å². The van der Waals surface area contributed by atoms with Crippen LogP contribution in [0.25, 0.3) is 0 Å². The average Bonchev–Trinajstić information content (AvgIpc) is 2.94. The zero-order chi connectivity index (χ0) is 14.8. The minimum Gasteiger partial charge on any atom is -0.364 e. The van der Waals surface area contributed by atoms with E-state index in [0.29, 0.717) is 32.0 Å². The lowest BCUT2D eigenvalue weighted by molar-refractivity contribution is -0.383. The second-order valence-corrected chi connectivity index (χ2v) is 4.54. The van der Waals surface area contributed by atoms with Gasteiger partial charge >= 0.3 is 5.69 Å². The molecular formula is C11H14N8O2. The second-order valence-electron chi connectivity index (χ2n) is 4.54. The van der Waals surface area contributed by atoms with E-state index < -0.39 is 4.92 Å². The molecule has 0 bridgehead atoms. The fourth-order valence-corrected chi connectivity index (χ4v) is 2.31. The van der Waals surface area contributed by atoms with Gasteiger partial charge in [-0.25, -0.2) is 9.97 Å². The fourth-order valence-electron chi connectivity index (χ4n) is 2.31. The van der Waals surface area contributed by atoms with E-state index in [9.17, 15) is 10.1 Å². The van der Waals surface area contributed by atoms with Gasteiger partial charge in [0.25, 0.3) is 0 Å². The maximum atomic E-state index is 11.4. The van der Waals surface area contributed by atoms with Crippen molar-refractivity contribution < 1.29 is 4.92 Å². The van der Waals surface area contributed by atoms with Crippen LogP contribution >= 0.6 is 0 Å². The van der Waals surface area contributed by atoms with E-state index >= 15 is 0 Å². The van der Waals surface area contributed by atoms with Crippen LogP contribution in [0, 0.1) is 10.1 Å². The SMILES string of the molecule is CCNc1ncnc(N2CCn3cnnc3C2)c1[N+](=O)[O-]. The van der Waals surface area contributed by atoms with Crippen molar-refractivity contribution in [2.45, 2.75) is 20.0 Å². The van der Waals surface area contributed by atoms with Gasteiger partial charge in [0, 0.05) is 19.6 Å². The summed E-state index contributed by atoms with van der Waals surface area (Å²) in [5, 5.41) is 22.1. The van der Waals surface area contributed by atoms with Crippen molar-refractivity contribution >= 4 is 17.3 Å². The van der Waals surface area contributed by atoms with Crippen molar-refractivity contribution in [2.24, 2.45) is 0 Å². The average molecular weight is 290 g/mol. The van der Waals surface area contributed by atoms with Gasteiger partial charge in [-0.3, -0.25) is 10.1 Å². The topological polar surface area (TPSA) is 115 Å². The van der Waals surface area contributed by atoms with E-state index in [-0.39, 0.29) is 11.5 Å². The molecule has 0 unspecified atom stereocenters. The molecule has 1 aliphatic rings. The number of nitrogens with one attached hydrogen (secondary N) is 1. The summed E-state index contributed by atoms with van der Waals surface area (Å²) in [5.41, 5.74) is -0.104. The smallest absolute Gasteiger partial charge is 0.353 e. The first kappa shape index (κ1) is 13.2. The number of nitro groups is 1. The Hall–Kier alpha value is -2.78. The lowest BCUT2D eigenvalue weighted by atomic mass is 10.3. The highest BCUT2D eigenvalue weighted by Crippen LogP contribution is 2.33. The molecule has 0 spiro atoms. The van der Waals surface area contributed by atoms with Crippen LogP contribution in [0.2, 0.25) is 0 Å². The summed E-state index contributed by atoms with van der Waals surface area (Å²) < 4.78 is 1.93. The number of nitrogens with zero attached hydrogens (tertiary/aromatic N) is 7. The normalized spacial score (nSPS) is 13.9. The van der Waals surface area contributed by atoms with Gasteiger partial charge in [-0.2, -0.15) is 0 Å². The summed E-state index contributed by atoms with van der Waals surface area (Å²) in [6, 6.07) is 0. The third-order valence-electron chi connectivity index (χ3n) is 3.27. The molecule has 2 aromatic heterocycles. The van der Waals surface area contributed by atoms with Gasteiger partial charge in [-0.1, -0.05) is 0 Å². The van der Waals surface area contributed by atoms with Crippen LogP contribution in [0.1, 0.15) is 12.7 Å². The second kappa shape index (κ2) is 5.31. The van der Waals surface area contributed by atoms with Gasteiger partial charge < -0.3 is 14.8 Å². The van der Waals surface area contributed by atoms with Crippen LogP contribution < -0.4 is 10.2 Å². The van der Waals surface area contributed by atoms with E-state index in [1.165, 1.54) is 6.33 Å². The van der Waals surface area contributed by atoms with Crippen molar-refractivity contribution in [1.82, 2.24) is 24.7 Å². The molecule has 110 valence electrons. The number of anilines is 2. The zero-order valence-electron chi connectivity index (χ0n) is 11.4. The summed E-state index contributed by atoms with van der Waals surface area (Å²) in [6.07, 6.45) is 2.99. The van der Waals surface area contributed by atoms with E-state index in [4.69, 9.17) is 0 Å². The van der Waals surface area contributed by atoms with Gasteiger partial charge in [0.05, 0.1) is 11.5 Å². The molecule has 0 amide bonds. The Labute approximate surface area is 120 Å². The van der Waals surface area contributed by atoms with E-state index in [2.05, 4.69) is 25.5 Å². The Morgan fingerprint density at radius 3 is 3.05 bits per heavy atom. The zero-order valence-corrected chi connectivity index (χ0v) is 11.4. The molecule has 2 aromatic rings. The Morgan fingerprint density at radius 2 is 2.29 bits per heavy atom. The molecule has 3 heterocycles. The maximum Gasteiger partial charge on any atom is 0.353 e. The highest BCUT2D eigenvalue weighted by Gasteiger charge is 2.29. The largest absolute Gasteiger partial charge is 0.364 e. The van der Waals surface area contributed by atoms with Gasteiger partial charge in [0.15, 0.2) is 5.82 Å². The van der Waals surface area contributed by atoms with Crippen molar-refractivity contribution in [3.05, 3.63) is 28.6 Å². The summed E-state index contributed by atoms with van der Waals surface area (Å²) in [4.78, 5) is 20.8. The third kappa shape index (κ3) is 2.35. The maximum absolute atomic E-state index is 11.4. The molecule has 1 aliphatic heterocycles. The molecule has 1 N–H and O–H groups in total. The summed E-state index contributed by atoms with van der Waals surface area (Å²) in [7, 11) is 0. The molecule has 0 fully saturated rings. The number of rotatable bonds is 4. The van der Waals surface area contributed by atoms with Crippen LogP contribution in [-0.2, 0) is 13.1 Å². The minimum absolute atomic E-state index is 0.104. The van der Waals surface area contributed by atoms with Crippen molar-refractivity contribution in [1.29, 1.82) is 0 Å². The molecule has 3 rings (SSSR count). The Kier molecular flexibility index (Phi) is 3.34. The quantitative estimate of drug-likeness (QED) is 0.636. The van der Waals surface area contributed by atoms with Crippen LogP contribution in [0.3, 0.4) is 0 Å². The van der Waals surface area contributed by atoms with Gasteiger partial charge in [0.1, 0.15) is 12.7 Å². The van der Waals surface area contributed by atoms with Crippen LogP contribution in [0.5, 0.6) is 0 Å². The number of hydrogen-bond donors (Lipinski definition) is 1. The Bertz CT molecular complexity index is 670. The van der Waals surface area contributed by atoms with Crippen LogP contribution in [-0.4, -0.2) is 42.7 Å². The van der Waals surface area contributed by atoms with E-state index in [1.807, 2.05) is 16.4 Å². The van der Waals surface area contributed by atoms with Crippen LogP contribution in [0.15, 0.2) is 12.7 Å². The lowest BCUT2D eigenvalue weighted by Crippen LogP contribution is -2.34. The van der Waals surface area contributed by atoms with Crippen molar-refractivity contribution in [3.8, 4) is 0 Å². The molecule has 0 atom stereocenters. The van der Waals surface area contributed by atoms with Gasteiger partial charge in [-0.05, 0) is 6.92 Å². The monoisotopic (exact) mass is 290 g/mol. The predicted molar refractivity (Wildman–Crippen MR) is 73.9 cm³/mol. The summed E-state index contributed by atoms with van der Waals surface area (Å²) in [5.74, 6) is 1.30. The number of aromatic nitrogens is 5. The summed E-state index contributed by atoms with van der Waals surface area (Å²) in [6.45, 7) is 4.11. The van der Waals surface area contributed by atoms with Gasteiger partial charge in [-0.15, -0.1) is 10.2 Å². The highest BCUT2D eigenvalue weighted by atomic mass is 16.6. The Morgan fingerprint density at radius 1 is 1.43 bits per heavy atom. The highest BCUT2D eigenvalue weighted by molar-refractivity contribution is 5.70. The molecular weight excluding hydrogens is 276 g/mol. The molecule has 0 saturated carbocycles. The molecule has 0 radical (unpaired) electrons. The molecule has 0 aliphatic carbocycles. The first-order valence-electron chi connectivity index (χ1n) is 6.55. The fraction of sp³-hybridized carbons (Fsp3) is 0.455. The Balaban J connectivity index is 1.99. The van der Waals surface area contributed by atoms with Crippen LogP contribution in [0.4, 0.5) is 17.3 Å². The minimum atomic E-state index is -0.452. The standard InChI is InChI=1S/C11H14N8O2/c1-2-12-10-9(19(20)21)11(14-6-13-10)17-3-4-18-7-15-16-8(18)5-17/h6-7H,2-5H2,1H3,(H,12,13,14). The van der Waals surface area contributed by atoms with Gasteiger partial charge in [0.2, 0.25) is 11.6 Å². The molecule has 0 saturated heterocycles. The van der Waals surface area contributed by atoms with E-state index in [0.717, 1.165) is 5.82 Å². The first-order chi connectivity index (χ1) is 10.2. The van der Waals surface area contributed by atoms with E-state index in [1.54, 1.807) is 6.33 Å². The molecule has 21 heavy (non-hydrogen) atoms. The third-order valence-corrected chi connectivity index (χ3v) is 3.27. The predicted octanol–water partition coefficient (Wildman–Crippen LogP) is 0.428. The van der Waals surface area contributed by atoms with Crippen molar-refractivity contribution in [3.63, 3.8) is 0 Å². The number of hydrogen-bond acceptors (Lipinski definition) is 8.